The fraction of sp³-hybridized carbons (Fsp3) is 0.182. The van der Waals surface area contributed by atoms with Gasteiger partial charge in [-0.2, -0.15) is 18.3 Å². The van der Waals surface area contributed by atoms with E-state index >= 15 is 0 Å². The van der Waals surface area contributed by atoms with Gasteiger partial charge in [-0.25, -0.2) is 0 Å². The van der Waals surface area contributed by atoms with E-state index in [2.05, 4.69) is 10.4 Å². The molecule has 166 valence electrons. The van der Waals surface area contributed by atoms with Crippen molar-refractivity contribution >= 4 is 17.6 Å². The Labute approximate surface area is 181 Å². The van der Waals surface area contributed by atoms with Crippen molar-refractivity contribution in [1.29, 1.82) is 0 Å². The fourth-order valence-electron chi connectivity index (χ4n) is 3.18. The van der Waals surface area contributed by atoms with E-state index in [9.17, 15) is 27.6 Å². The molecule has 0 saturated heterocycles. The Morgan fingerprint density at radius 3 is 2.41 bits per heavy atom. The van der Waals surface area contributed by atoms with Crippen LogP contribution in [-0.2, 0) is 29.2 Å². The number of ketones is 1. The lowest BCUT2D eigenvalue weighted by molar-refractivity contribution is -0.137. The maximum Gasteiger partial charge on any atom is 0.416 e. The molecule has 10 heteroatoms. The van der Waals surface area contributed by atoms with Crippen LogP contribution in [0.4, 0.5) is 13.2 Å². The lowest BCUT2D eigenvalue weighted by Gasteiger charge is -2.16. The second kappa shape index (κ2) is 9.04. The first-order valence-electron chi connectivity index (χ1n) is 9.46. The third kappa shape index (κ3) is 5.20. The minimum atomic E-state index is -4.57. The predicted molar refractivity (Wildman–Crippen MR) is 109 cm³/mol. The van der Waals surface area contributed by atoms with E-state index in [1.54, 1.807) is 30.3 Å². The van der Waals surface area contributed by atoms with E-state index in [0.29, 0.717) is 5.56 Å². The number of primary amides is 1. The molecular formula is C22H19F3N4O3. The third-order valence-corrected chi connectivity index (χ3v) is 4.68. The van der Waals surface area contributed by atoms with Crippen molar-refractivity contribution in [3.63, 3.8) is 0 Å². The van der Waals surface area contributed by atoms with Crippen molar-refractivity contribution in [1.82, 2.24) is 15.1 Å². The molecular weight excluding hydrogens is 425 g/mol. The molecule has 0 aliphatic carbocycles. The molecule has 1 aromatic heterocycles. The van der Waals surface area contributed by atoms with Gasteiger partial charge in [0.1, 0.15) is 11.7 Å². The monoisotopic (exact) mass is 444 g/mol. The van der Waals surface area contributed by atoms with Gasteiger partial charge in [0.15, 0.2) is 0 Å². The van der Waals surface area contributed by atoms with E-state index in [1.807, 2.05) is 0 Å². The molecule has 1 atom stereocenters. The van der Waals surface area contributed by atoms with E-state index in [1.165, 1.54) is 30.1 Å². The van der Waals surface area contributed by atoms with Crippen LogP contribution in [0.3, 0.4) is 0 Å². The molecule has 2 aromatic carbocycles. The Kier molecular flexibility index (Phi) is 6.42. The highest BCUT2D eigenvalue weighted by molar-refractivity contribution is 6.38. The van der Waals surface area contributed by atoms with Crippen LogP contribution in [0, 0.1) is 0 Å². The summed E-state index contributed by atoms with van der Waals surface area (Å²) in [4.78, 5) is 36.7. The van der Waals surface area contributed by atoms with Crippen LogP contribution in [0.25, 0.3) is 11.3 Å². The average molecular weight is 444 g/mol. The summed E-state index contributed by atoms with van der Waals surface area (Å²) in [6.07, 6.45) is -3.24. The summed E-state index contributed by atoms with van der Waals surface area (Å²) >= 11 is 0. The summed E-state index contributed by atoms with van der Waals surface area (Å²) in [5.41, 5.74) is 4.93. The smallest absolute Gasteiger partial charge is 0.363 e. The van der Waals surface area contributed by atoms with Crippen molar-refractivity contribution in [2.24, 2.45) is 12.8 Å². The molecule has 3 N–H and O–H groups in total. The molecule has 0 aliphatic heterocycles. The zero-order chi connectivity index (χ0) is 23.5. The average Bonchev–Trinajstić information content (AvgIpc) is 3.15. The molecule has 1 heterocycles. The Morgan fingerprint density at radius 2 is 1.78 bits per heavy atom. The van der Waals surface area contributed by atoms with Gasteiger partial charge in [-0.05, 0) is 17.7 Å². The second-order valence-electron chi connectivity index (χ2n) is 7.09. The molecule has 0 bridgehead atoms. The minimum absolute atomic E-state index is 0.00100. The lowest BCUT2D eigenvalue weighted by atomic mass is 10.0. The zero-order valence-corrected chi connectivity index (χ0v) is 16.9. The predicted octanol–water partition coefficient (Wildman–Crippen LogP) is 2.50. The van der Waals surface area contributed by atoms with E-state index < -0.39 is 35.4 Å². The minimum Gasteiger partial charge on any atom is -0.363 e. The molecule has 0 spiro atoms. The third-order valence-electron chi connectivity index (χ3n) is 4.68. The van der Waals surface area contributed by atoms with Gasteiger partial charge in [-0.3, -0.25) is 19.1 Å². The number of benzene rings is 2. The van der Waals surface area contributed by atoms with Gasteiger partial charge in [0.25, 0.3) is 11.8 Å². The van der Waals surface area contributed by atoms with Crippen LogP contribution in [0.2, 0.25) is 0 Å². The van der Waals surface area contributed by atoms with E-state index in [-0.39, 0.29) is 23.2 Å². The number of carbonyl (C=O) groups is 3. The van der Waals surface area contributed by atoms with Crippen LogP contribution in [-0.4, -0.2) is 33.4 Å². The number of nitrogens with two attached hydrogens (primary N) is 1. The van der Waals surface area contributed by atoms with Crippen molar-refractivity contribution in [2.45, 2.75) is 18.6 Å². The number of hydrogen-bond donors (Lipinski definition) is 2. The summed E-state index contributed by atoms with van der Waals surface area (Å²) in [5.74, 6) is -2.98. The number of halogens is 3. The maximum atomic E-state index is 13.1. The number of nitrogens with one attached hydrogen (secondary N) is 1. The number of rotatable bonds is 7. The van der Waals surface area contributed by atoms with Crippen molar-refractivity contribution in [3.8, 4) is 11.3 Å². The molecule has 32 heavy (non-hydrogen) atoms. The van der Waals surface area contributed by atoms with Gasteiger partial charge in [0, 0.05) is 25.2 Å². The van der Waals surface area contributed by atoms with Crippen LogP contribution < -0.4 is 11.1 Å². The second-order valence-corrected chi connectivity index (χ2v) is 7.09. The Bertz CT molecular complexity index is 1160. The first-order valence-corrected chi connectivity index (χ1v) is 9.46. The highest BCUT2D eigenvalue weighted by Gasteiger charge is 2.32. The molecule has 0 fully saturated rings. The summed E-state index contributed by atoms with van der Waals surface area (Å²) in [5, 5.41) is 6.57. The maximum absolute atomic E-state index is 13.1. The number of aryl methyl sites for hydroxylation is 1. The Balaban J connectivity index is 1.93. The standard InChI is InChI=1S/C22H19F3N4O3/c1-29-12-16(18(28-29)14-8-5-9-15(11-14)22(23,24)25)21(32)27-17(19(30)20(26)31)10-13-6-3-2-4-7-13/h2-9,11-12,17H,10H2,1H3,(H2,26,31)(H,27,32)/t17-/m0/s1. The van der Waals surface area contributed by atoms with Crippen LogP contribution >= 0.6 is 0 Å². The fourth-order valence-corrected chi connectivity index (χ4v) is 3.18. The number of aromatic nitrogens is 2. The van der Waals surface area contributed by atoms with Gasteiger partial charge < -0.3 is 11.1 Å². The molecule has 3 aromatic rings. The quantitative estimate of drug-likeness (QED) is 0.546. The molecule has 2 amide bonds. The van der Waals surface area contributed by atoms with Crippen LogP contribution in [0.1, 0.15) is 21.5 Å². The summed E-state index contributed by atoms with van der Waals surface area (Å²) < 4.78 is 40.6. The summed E-state index contributed by atoms with van der Waals surface area (Å²) in [6.45, 7) is 0. The topological polar surface area (TPSA) is 107 Å². The highest BCUT2D eigenvalue weighted by atomic mass is 19.4. The van der Waals surface area contributed by atoms with Gasteiger partial charge in [-0.1, -0.05) is 42.5 Å². The van der Waals surface area contributed by atoms with Gasteiger partial charge in [-0.15, -0.1) is 0 Å². The first-order chi connectivity index (χ1) is 15.1. The number of Topliss-reactive ketones (excluding diaryl/α,β-unsaturated/α-hetero) is 1. The van der Waals surface area contributed by atoms with Crippen molar-refractivity contribution < 1.29 is 27.6 Å². The number of hydrogen-bond acceptors (Lipinski definition) is 4. The highest BCUT2D eigenvalue weighted by Crippen LogP contribution is 2.32. The van der Waals surface area contributed by atoms with E-state index in [0.717, 1.165) is 12.1 Å². The SMILES string of the molecule is Cn1cc(C(=O)N[C@@H](Cc2ccccc2)C(=O)C(N)=O)c(-c2cccc(C(F)(F)F)c2)n1. The van der Waals surface area contributed by atoms with Crippen LogP contribution in [0.15, 0.2) is 60.8 Å². The normalized spacial score (nSPS) is 12.2. The molecule has 3 rings (SSSR count). The van der Waals surface area contributed by atoms with Crippen LogP contribution in [0.5, 0.6) is 0 Å². The summed E-state index contributed by atoms with van der Waals surface area (Å²) in [6, 6.07) is 11.8. The Morgan fingerprint density at radius 1 is 1.09 bits per heavy atom. The number of amides is 2. The zero-order valence-electron chi connectivity index (χ0n) is 16.9. The van der Waals surface area contributed by atoms with Gasteiger partial charge in [0.2, 0.25) is 5.78 Å². The van der Waals surface area contributed by atoms with Crippen molar-refractivity contribution in [2.75, 3.05) is 0 Å². The molecule has 0 unspecified atom stereocenters. The first kappa shape index (κ1) is 22.7. The van der Waals surface area contributed by atoms with E-state index in [4.69, 9.17) is 5.73 Å². The number of alkyl halides is 3. The Hall–Kier alpha value is -3.95. The summed E-state index contributed by atoms with van der Waals surface area (Å²) in [7, 11) is 1.50. The molecule has 0 saturated carbocycles. The number of nitrogens with zero attached hydrogens (tertiary/aromatic N) is 2. The van der Waals surface area contributed by atoms with Gasteiger partial charge in [0.05, 0.1) is 11.1 Å². The molecule has 0 radical (unpaired) electrons. The lowest BCUT2D eigenvalue weighted by Crippen LogP contribution is -2.47. The molecule has 7 nitrogen and oxygen atoms in total. The number of carbonyl (C=O) groups excluding carboxylic acids is 3. The molecule has 0 aliphatic rings. The largest absolute Gasteiger partial charge is 0.416 e. The van der Waals surface area contributed by atoms with Gasteiger partial charge >= 0.3 is 6.18 Å². The van der Waals surface area contributed by atoms with Crippen molar-refractivity contribution in [3.05, 3.63) is 77.5 Å².